The molecule has 0 aliphatic heterocycles. The van der Waals surface area contributed by atoms with Gasteiger partial charge in [-0.3, -0.25) is 9.59 Å². The zero-order valence-corrected chi connectivity index (χ0v) is 20.5. The maximum absolute atomic E-state index is 13.2. The lowest BCUT2D eigenvalue weighted by Crippen LogP contribution is -2.50. The molecule has 0 spiro atoms. The van der Waals surface area contributed by atoms with Crippen molar-refractivity contribution in [2.45, 2.75) is 58.2 Å². The number of methoxy groups -OCH3 is 1. The molecule has 0 saturated heterocycles. The predicted octanol–water partition coefficient (Wildman–Crippen LogP) is 4.62. The highest BCUT2D eigenvalue weighted by Crippen LogP contribution is 2.22. The minimum Gasteiger partial charge on any atom is -0.497 e. The van der Waals surface area contributed by atoms with Gasteiger partial charge in [0.2, 0.25) is 5.91 Å². The summed E-state index contributed by atoms with van der Waals surface area (Å²) in [5.74, 6) is 0.943. The van der Waals surface area contributed by atoms with Gasteiger partial charge in [-0.05, 0) is 68.1 Å². The molecule has 2 aromatic rings. The van der Waals surface area contributed by atoms with E-state index in [1.807, 2.05) is 49.4 Å². The lowest BCUT2D eigenvalue weighted by molar-refractivity contribution is -0.142. The van der Waals surface area contributed by atoms with Gasteiger partial charge < -0.3 is 19.7 Å². The Morgan fingerprint density at radius 2 is 1.91 bits per heavy atom. The topological polar surface area (TPSA) is 67.9 Å². The van der Waals surface area contributed by atoms with E-state index < -0.39 is 6.04 Å². The number of nitrogens with one attached hydrogen (secondary N) is 1. The fourth-order valence-electron chi connectivity index (χ4n) is 3.88. The quantitative estimate of drug-likeness (QED) is 0.543. The van der Waals surface area contributed by atoms with Crippen LogP contribution in [-0.4, -0.2) is 42.5 Å². The molecule has 1 atom stereocenters. The van der Waals surface area contributed by atoms with E-state index in [0.29, 0.717) is 11.5 Å². The Balaban J connectivity index is 1.73. The fraction of sp³-hybridized carbons (Fsp3) is 0.440. The molecule has 172 valence electrons. The van der Waals surface area contributed by atoms with E-state index in [2.05, 4.69) is 21.2 Å². The molecule has 0 bridgehead atoms. The van der Waals surface area contributed by atoms with Crippen molar-refractivity contribution in [3.63, 3.8) is 0 Å². The minimum absolute atomic E-state index is 0.132. The molecule has 6 nitrogen and oxygen atoms in total. The summed E-state index contributed by atoms with van der Waals surface area (Å²) in [5, 5.41) is 3.11. The van der Waals surface area contributed by atoms with Crippen molar-refractivity contribution in [3.8, 4) is 11.5 Å². The van der Waals surface area contributed by atoms with Gasteiger partial charge in [0.1, 0.15) is 17.5 Å². The zero-order valence-electron chi connectivity index (χ0n) is 18.9. The smallest absolute Gasteiger partial charge is 0.261 e. The van der Waals surface area contributed by atoms with Crippen molar-refractivity contribution >= 4 is 27.7 Å². The number of hydrogen-bond donors (Lipinski definition) is 1. The first-order valence-electron chi connectivity index (χ1n) is 11.0. The van der Waals surface area contributed by atoms with Crippen LogP contribution in [0.4, 0.5) is 0 Å². The third-order valence-corrected chi connectivity index (χ3v) is 6.74. The van der Waals surface area contributed by atoms with Gasteiger partial charge in [0.25, 0.3) is 5.91 Å². The van der Waals surface area contributed by atoms with Crippen LogP contribution in [-0.2, 0) is 16.1 Å². The van der Waals surface area contributed by atoms with E-state index in [1.54, 1.807) is 18.9 Å². The van der Waals surface area contributed by atoms with Crippen LogP contribution in [0.5, 0.6) is 11.5 Å². The van der Waals surface area contributed by atoms with Gasteiger partial charge in [-0.25, -0.2) is 0 Å². The van der Waals surface area contributed by atoms with Crippen molar-refractivity contribution in [2.75, 3.05) is 13.7 Å². The second-order valence-electron chi connectivity index (χ2n) is 8.24. The number of nitrogens with zero attached hydrogens (tertiary/aromatic N) is 1. The van der Waals surface area contributed by atoms with Gasteiger partial charge in [-0.15, -0.1) is 0 Å². The molecular formula is C25H31BrN2O4. The van der Waals surface area contributed by atoms with Crippen molar-refractivity contribution in [1.29, 1.82) is 0 Å². The zero-order chi connectivity index (χ0) is 23.1. The number of rotatable bonds is 9. The SMILES string of the molecule is COc1cccc(CN(C(=O)COc2ccc(Br)c(C)c2)[C@H](C)C(=O)NC2CCCC2)c1. The van der Waals surface area contributed by atoms with Gasteiger partial charge in [0.05, 0.1) is 7.11 Å². The summed E-state index contributed by atoms with van der Waals surface area (Å²) in [5.41, 5.74) is 1.91. The van der Waals surface area contributed by atoms with E-state index in [9.17, 15) is 9.59 Å². The summed E-state index contributed by atoms with van der Waals surface area (Å²) in [4.78, 5) is 27.7. The van der Waals surface area contributed by atoms with Gasteiger partial charge in [-0.1, -0.05) is 40.9 Å². The second-order valence-corrected chi connectivity index (χ2v) is 9.09. The highest BCUT2D eigenvalue weighted by Gasteiger charge is 2.28. The monoisotopic (exact) mass is 502 g/mol. The minimum atomic E-state index is -0.621. The van der Waals surface area contributed by atoms with E-state index in [0.717, 1.165) is 41.3 Å². The number of carbonyl (C=O) groups excluding carboxylic acids is 2. The molecule has 2 amide bonds. The molecule has 3 rings (SSSR count). The highest BCUT2D eigenvalue weighted by molar-refractivity contribution is 9.10. The van der Waals surface area contributed by atoms with Gasteiger partial charge >= 0.3 is 0 Å². The normalized spacial score (nSPS) is 14.6. The van der Waals surface area contributed by atoms with Crippen LogP contribution >= 0.6 is 15.9 Å². The Morgan fingerprint density at radius 3 is 2.59 bits per heavy atom. The number of carbonyl (C=O) groups is 2. The third-order valence-electron chi connectivity index (χ3n) is 5.85. The van der Waals surface area contributed by atoms with Crippen molar-refractivity contribution < 1.29 is 19.1 Å². The fourth-order valence-corrected chi connectivity index (χ4v) is 4.12. The lowest BCUT2D eigenvalue weighted by atomic mass is 10.1. The second kappa shape index (κ2) is 11.4. The van der Waals surface area contributed by atoms with Crippen molar-refractivity contribution in [3.05, 3.63) is 58.1 Å². The molecule has 1 N–H and O–H groups in total. The molecule has 0 radical (unpaired) electrons. The molecule has 0 unspecified atom stereocenters. The average Bonchev–Trinajstić information content (AvgIpc) is 3.30. The molecule has 1 saturated carbocycles. The molecule has 1 fully saturated rings. The van der Waals surface area contributed by atoms with Gasteiger partial charge in [0.15, 0.2) is 6.61 Å². The number of ether oxygens (including phenoxy) is 2. The van der Waals surface area contributed by atoms with Crippen LogP contribution in [0.15, 0.2) is 46.9 Å². The number of aryl methyl sites for hydroxylation is 1. The summed E-state index contributed by atoms with van der Waals surface area (Å²) in [6.45, 7) is 3.87. The van der Waals surface area contributed by atoms with Crippen LogP contribution in [0.25, 0.3) is 0 Å². The van der Waals surface area contributed by atoms with Crippen molar-refractivity contribution in [1.82, 2.24) is 10.2 Å². The Kier molecular flexibility index (Phi) is 8.56. The first-order valence-corrected chi connectivity index (χ1v) is 11.8. The number of hydrogen-bond acceptors (Lipinski definition) is 4. The van der Waals surface area contributed by atoms with Crippen molar-refractivity contribution in [2.24, 2.45) is 0 Å². The van der Waals surface area contributed by atoms with Gasteiger partial charge in [-0.2, -0.15) is 0 Å². The Hall–Kier alpha value is -2.54. The van der Waals surface area contributed by atoms with Crippen LogP contribution in [0, 0.1) is 6.92 Å². The molecule has 0 aromatic heterocycles. The maximum atomic E-state index is 13.2. The predicted molar refractivity (Wildman–Crippen MR) is 128 cm³/mol. The molecule has 0 heterocycles. The van der Waals surface area contributed by atoms with Crippen LogP contribution in [0.1, 0.15) is 43.7 Å². The average molecular weight is 503 g/mol. The van der Waals surface area contributed by atoms with Gasteiger partial charge in [0, 0.05) is 17.1 Å². The molecule has 7 heteroatoms. The molecular weight excluding hydrogens is 472 g/mol. The van der Waals surface area contributed by atoms with E-state index in [4.69, 9.17) is 9.47 Å². The Morgan fingerprint density at radius 1 is 1.16 bits per heavy atom. The maximum Gasteiger partial charge on any atom is 0.261 e. The first-order chi connectivity index (χ1) is 15.4. The number of halogens is 1. The number of amides is 2. The molecule has 2 aromatic carbocycles. The summed E-state index contributed by atoms with van der Waals surface area (Å²) in [7, 11) is 1.60. The summed E-state index contributed by atoms with van der Waals surface area (Å²) < 4.78 is 12.1. The Labute approximate surface area is 198 Å². The van der Waals surface area contributed by atoms with E-state index >= 15 is 0 Å². The number of benzene rings is 2. The standard InChI is InChI=1S/C25H31BrN2O4/c1-17-13-22(11-12-23(17)26)32-16-24(29)28(15-19-7-6-10-21(14-19)31-3)18(2)25(30)27-20-8-4-5-9-20/h6-7,10-14,18,20H,4-5,8-9,15-16H2,1-3H3,(H,27,30)/t18-/m1/s1. The van der Waals surface area contributed by atoms with Crippen LogP contribution in [0.3, 0.4) is 0 Å². The molecule has 1 aliphatic carbocycles. The molecule has 32 heavy (non-hydrogen) atoms. The highest BCUT2D eigenvalue weighted by atomic mass is 79.9. The van der Waals surface area contributed by atoms with Crippen LogP contribution < -0.4 is 14.8 Å². The van der Waals surface area contributed by atoms with Crippen LogP contribution in [0.2, 0.25) is 0 Å². The Bertz CT molecular complexity index is 943. The largest absolute Gasteiger partial charge is 0.497 e. The molecule has 1 aliphatic rings. The lowest BCUT2D eigenvalue weighted by Gasteiger charge is -2.29. The summed E-state index contributed by atoms with van der Waals surface area (Å²) >= 11 is 3.47. The summed E-state index contributed by atoms with van der Waals surface area (Å²) in [6.07, 6.45) is 4.25. The first kappa shape index (κ1) is 24.1. The van der Waals surface area contributed by atoms with E-state index in [1.165, 1.54) is 0 Å². The summed E-state index contributed by atoms with van der Waals surface area (Å²) in [6, 6.07) is 12.7. The van der Waals surface area contributed by atoms with E-state index in [-0.39, 0.29) is 31.0 Å². The third kappa shape index (κ3) is 6.48.